The summed E-state index contributed by atoms with van der Waals surface area (Å²) in [6.45, 7) is 2.67. The average Bonchev–Trinajstić information content (AvgIpc) is 2.87. The maximum absolute atomic E-state index is 6.03. The number of aromatic nitrogens is 2. The van der Waals surface area contributed by atoms with Crippen molar-refractivity contribution in [2.45, 2.75) is 13.5 Å². The number of nitrogens with zero attached hydrogens (tertiary/aromatic N) is 2. The smallest absolute Gasteiger partial charge is 0.176 e. The first-order valence-electron chi connectivity index (χ1n) is 7.52. The number of benzene rings is 2. The van der Waals surface area contributed by atoms with Crippen LogP contribution in [0, 0.1) is 6.92 Å². The molecule has 24 heavy (non-hydrogen) atoms. The molecule has 0 fully saturated rings. The maximum atomic E-state index is 6.03. The van der Waals surface area contributed by atoms with Crippen molar-refractivity contribution in [3.63, 3.8) is 0 Å². The Morgan fingerprint density at radius 1 is 1.08 bits per heavy atom. The Hall–Kier alpha value is -2.37. The number of aryl methyl sites for hydroxylation is 1. The van der Waals surface area contributed by atoms with Crippen LogP contribution in [0.3, 0.4) is 0 Å². The average molecular weight is 357 g/mol. The Morgan fingerprint density at radius 2 is 1.88 bits per heavy atom. The van der Waals surface area contributed by atoms with E-state index >= 15 is 0 Å². The van der Waals surface area contributed by atoms with E-state index in [1.165, 1.54) is 0 Å². The fourth-order valence-electron chi connectivity index (χ4n) is 2.34. The molecule has 0 radical (unpaired) electrons. The molecule has 2 N–H and O–H groups in total. The van der Waals surface area contributed by atoms with Gasteiger partial charge in [-0.25, -0.2) is 0 Å². The zero-order valence-corrected chi connectivity index (χ0v) is 14.7. The van der Waals surface area contributed by atoms with Gasteiger partial charge < -0.3 is 10.6 Å². The topological polar surface area (TPSA) is 41.9 Å². The van der Waals surface area contributed by atoms with E-state index in [4.69, 9.17) is 23.8 Å². The van der Waals surface area contributed by atoms with Gasteiger partial charge in [-0.15, -0.1) is 0 Å². The fraction of sp³-hybridized carbons (Fsp3) is 0.111. The first-order chi connectivity index (χ1) is 11.6. The van der Waals surface area contributed by atoms with Crippen LogP contribution in [0.2, 0.25) is 5.02 Å². The van der Waals surface area contributed by atoms with Crippen molar-refractivity contribution in [1.29, 1.82) is 0 Å². The summed E-state index contributed by atoms with van der Waals surface area (Å²) in [5, 5.41) is 12.0. The monoisotopic (exact) mass is 356 g/mol. The molecule has 4 nitrogen and oxygen atoms in total. The molecular weight excluding hydrogens is 340 g/mol. The van der Waals surface area contributed by atoms with Gasteiger partial charge in [0.25, 0.3) is 0 Å². The van der Waals surface area contributed by atoms with Gasteiger partial charge in [0.2, 0.25) is 0 Å². The molecule has 0 saturated heterocycles. The van der Waals surface area contributed by atoms with E-state index in [1.807, 2.05) is 72.3 Å². The second-order valence-electron chi connectivity index (χ2n) is 5.40. The molecule has 0 aliphatic heterocycles. The highest BCUT2D eigenvalue weighted by Gasteiger charge is 2.07. The third kappa shape index (κ3) is 4.34. The van der Waals surface area contributed by atoms with E-state index in [1.54, 1.807) is 0 Å². The molecule has 1 heterocycles. The Bertz CT molecular complexity index is 845. The Balaban J connectivity index is 1.66. The SMILES string of the molecule is Cc1cc(NC(=S)Nc2ccccc2)nn1Cc1cccc(Cl)c1. The predicted octanol–water partition coefficient (Wildman–Crippen LogP) is 4.70. The van der Waals surface area contributed by atoms with Crippen molar-refractivity contribution in [2.75, 3.05) is 10.6 Å². The summed E-state index contributed by atoms with van der Waals surface area (Å²) in [5.41, 5.74) is 3.08. The minimum atomic E-state index is 0.508. The van der Waals surface area contributed by atoms with Gasteiger partial charge >= 0.3 is 0 Å². The summed E-state index contributed by atoms with van der Waals surface area (Å²) in [4.78, 5) is 0. The normalized spacial score (nSPS) is 10.4. The number of hydrogen-bond donors (Lipinski definition) is 2. The summed E-state index contributed by atoms with van der Waals surface area (Å²) in [6.07, 6.45) is 0. The molecule has 0 saturated carbocycles. The van der Waals surface area contributed by atoms with Crippen LogP contribution in [0.15, 0.2) is 60.7 Å². The van der Waals surface area contributed by atoms with Crippen molar-refractivity contribution < 1.29 is 0 Å². The van der Waals surface area contributed by atoms with Gasteiger partial charge in [0, 0.05) is 22.5 Å². The first-order valence-corrected chi connectivity index (χ1v) is 8.31. The number of anilines is 2. The van der Waals surface area contributed by atoms with E-state index in [9.17, 15) is 0 Å². The van der Waals surface area contributed by atoms with Crippen LogP contribution >= 0.6 is 23.8 Å². The molecular formula is C18H17ClN4S. The molecule has 0 aliphatic rings. The van der Waals surface area contributed by atoms with E-state index in [2.05, 4.69) is 15.7 Å². The van der Waals surface area contributed by atoms with Gasteiger partial charge in [-0.2, -0.15) is 5.10 Å². The Labute approximate surface area is 151 Å². The summed E-state index contributed by atoms with van der Waals surface area (Å²) in [7, 11) is 0. The van der Waals surface area contributed by atoms with Gasteiger partial charge in [0.15, 0.2) is 10.9 Å². The highest BCUT2D eigenvalue weighted by Crippen LogP contribution is 2.15. The van der Waals surface area contributed by atoms with Crippen molar-refractivity contribution in [3.05, 3.63) is 76.9 Å². The highest BCUT2D eigenvalue weighted by molar-refractivity contribution is 7.80. The van der Waals surface area contributed by atoms with Gasteiger partial charge in [-0.3, -0.25) is 4.68 Å². The Kier molecular flexibility index (Phi) is 5.13. The second kappa shape index (κ2) is 7.47. The third-order valence-electron chi connectivity index (χ3n) is 3.48. The lowest BCUT2D eigenvalue weighted by atomic mass is 10.2. The largest absolute Gasteiger partial charge is 0.332 e. The molecule has 0 spiro atoms. The minimum Gasteiger partial charge on any atom is -0.332 e. The third-order valence-corrected chi connectivity index (χ3v) is 3.92. The number of para-hydroxylation sites is 1. The number of thiocarbonyl (C=S) groups is 1. The molecule has 0 atom stereocenters. The Morgan fingerprint density at radius 3 is 2.62 bits per heavy atom. The highest BCUT2D eigenvalue weighted by atomic mass is 35.5. The summed E-state index contributed by atoms with van der Waals surface area (Å²) in [6, 6.07) is 19.5. The maximum Gasteiger partial charge on any atom is 0.176 e. The molecule has 3 rings (SSSR count). The van der Waals surface area contributed by atoms with Crippen LogP contribution in [-0.2, 0) is 6.54 Å². The molecule has 1 aromatic heterocycles. The van der Waals surface area contributed by atoms with Crippen molar-refractivity contribution in [3.8, 4) is 0 Å². The van der Waals surface area contributed by atoms with Crippen LogP contribution in [0.4, 0.5) is 11.5 Å². The fourth-order valence-corrected chi connectivity index (χ4v) is 2.78. The van der Waals surface area contributed by atoms with E-state index in [-0.39, 0.29) is 0 Å². The lowest BCUT2D eigenvalue weighted by Gasteiger charge is -2.08. The molecule has 122 valence electrons. The summed E-state index contributed by atoms with van der Waals surface area (Å²) < 4.78 is 1.92. The molecule has 0 unspecified atom stereocenters. The van der Waals surface area contributed by atoms with Crippen LogP contribution < -0.4 is 10.6 Å². The van der Waals surface area contributed by atoms with E-state index in [0.29, 0.717) is 17.5 Å². The molecule has 0 amide bonds. The molecule has 0 aliphatic carbocycles. The van der Waals surface area contributed by atoms with Crippen LogP contribution in [0.5, 0.6) is 0 Å². The van der Waals surface area contributed by atoms with Gasteiger partial charge in [-0.05, 0) is 49.0 Å². The molecule has 2 aromatic carbocycles. The number of nitrogens with one attached hydrogen (secondary N) is 2. The van der Waals surface area contributed by atoms with Gasteiger partial charge in [0.1, 0.15) is 0 Å². The number of rotatable bonds is 4. The minimum absolute atomic E-state index is 0.508. The van der Waals surface area contributed by atoms with E-state index < -0.39 is 0 Å². The van der Waals surface area contributed by atoms with Crippen LogP contribution in [-0.4, -0.2) is 14.9 Å². The summed E-state index contributed by atoms with van der Waals surface area (Å²) >= 11 is 11.4. The van der Waals surface area contributed by atoms with Crippen molar-refractivity contribution in [1.82, 2.24) is 9.78 Å². The number of halogens is 1. The molecule has 6 heteroatoms. The second-order valence-corrected chi connectivity index (χ2v) is 6.25. The van der Waals surface area contributed by atoms with Crippen LogP contribution in [0.1, 0.15) is 11.3 Å². The van der Waals surface area contributed by atoms with Gasteiger partial charge in [0.05, 0.1) is 6.54 Å². The summed E-state index contributed by atoms with van der Waals surface area (Å²) in [5.74, 6) is 0.711. The predicted molar refractivity (Wildman–Crippen MR) is 104 cm³/mol. The van der Waals surface area contributed by atoms with Crippen molar-refractivity contribution >= 4 is 40.4 Å². The molecule has 0 bridgehead atoms. The molecule has 3 aromatic rings. The lowest BCUT2D eigenvalue weighted by Crippen LogP contribution is -2.19. The van der Waals surface area contributed by atoms with E-state index in [0.717, 1.165) is 22.0 Å². The van der Waals surface area contributed by atoms with Gasteiger partial charge in [-0.1, -0.05) is 41.9 Å². The number of hydrogen-bond acceptors (Lipinski definition) is 2. The zero-order chi connectivity index (χ0) is 16.9. The van der Waals surface area contributed by atoms with Crippen molar-refractivity contribution in [2.24, 2.45) is 0 Å². The first kappa shape index (κ1) is 16.5. The quantitative estimate of drug-likeness (QED) is 0.665. The van der Waals surface area contributed by atoms with Crippen LogP contribution in [0.25, 0.3) is 0 Å². The standard InChI is InChI=1S/C18H17ClN4S/c1-13-10-17(21-18(24)20-16-8-3-2-4-9-16)22-23(13)12-14-6-5-7-15(19)11-14/h2-11H,12H2,1H3,(H2,20,21,22,24). The zero-order valence-electron chi connectivity index (χ0n) is 13.2. The lowest BCUT2D eigenvalue weighted by molar-refractivity contribution is 0.668.